The van der Waals surface area contributed by atoms with Crippen LogP contribution in [0.1, 0.15) is 71.1 Å². The van der Waals surface area contributed by atoms with E-state index < -0.39 is 5.97 Å². The van der Waals surface area contributed by atoms with Gasteiger partial charge >= 0.3 is 5.97 Å². The first-order valence-corrected chi connectivity index (χ1v) is 12.4. The fourth-order valence-corrected chi connectivity index (χ4v) is 6.57. The first kappa shape index (κ1) is 24.2. The molecule has 0 unspecified atom stereocenters. The van der Waals surface area contributed by atoms with E-state index in [0.29, 0.717) is 33.7 Å². The SMILES string of the molecule is CCCCCNC(=S)CC(=O)NC[C@H]1[C@@H](CC=CCCCC(=O)O)[C@H]2CC[C@@H]1S2. The second-order valence-electron chi connectivity index (χ2n) is 8.15. The number of fused-ring (bicyclic) bond motifs is 2. The molecule has 7 heteroatoms. The van der Waals surface area contributed by atoms with Crippen LogP contribution in [-0.4, -0.2) is 45.6 Å². The van der Waals surface area contributed by atoms with Crippen molar-refractivity contribution in [3.63, 3.8) is 0 Å². The number of carboxylic acids is 1. The molecule has 3 N–H and O–H groups in total. The van der Waals surface area contributed by atoms with Crippen molar-refractivity contribution in [2.45, 2.75) is 81.6 Å². The van der Waals surface area contributed by atoms with Crippen LogP contribution in [0.5, 0.6) is 0 Å². The second-order valence-corrected chi connectivity index (χ2v) is 10.1. The predicted octanol–water partition coefficient (Wildman–Crippen LogP) is 4.31. The maximum atomic E-state index is 12.3. The number of carbonyl (C=O) groups excluding carboxylic acids is 1. The van der Waals surface area contributed by atoms with Crippen molar-refractivity contribution in [2.75, 3.05) is 13.1 Å². The van der Waals surface area contributed by atoms with Gasteiger partial charge in [0.1, 0.15) is 0 Å². The number of hydrogen-bond donors (Lipinski definition) is 3. The molecular formula is C22H36N2O3S2. The molecule has 164 valence electrons. The minimum atomic E-state index is -0.727. The van der Waals surface area contributed by atoms with Crippen molar-refractivity contribution in [1.82, 2.24) is 10.6 Å². The number of carboxylic acid groups (broad SMARTS) is 1. The van der Waals surface area contributed by atoms with Crippen molar-refractivity contribution in [2.24, 2.45) is 11.8 Å². The Morgan fingerprint density at radius 2 is 1.86 bits per heavy atom. The van der Waals surface area contributed by atoms with E-state index in [4.69, 9.17) is 17.3 Å². The van der Waals surface area contributed by atoms with E-state index in [9.17, 15) is 9.59 Å². The third-order valence-electron chi connectivity index (χ3n) is 5.89. The first-order valence-electron chi connectivity index (χ1n) is 11.1. The van der Waals surface area contributed by atoms with Gasteiger partial charge in [-0.1, -0.05) is 44.1 Å². The highest BCUT2D eigenvalue weighted by Crippen LogP contribution is 2.54. The minimum Gasteiger partial charge on any atom is -0.481 e. The second kappa shape index (κ2) is 13.3. The molecule has 0 saturated carbocycles. The fourth-order valence-electron chi connectivity index (χ4n) is 4.33. The molecule has 0 radical (unpaired) electrons. The van der Waals surface area contributed by atoms with Gasteiger partial charge in [0, 0.05) is 30.0 Å². The summed E-state index contributed by atoms with van der Waals surface area (Å²) < 4.78 is 0. The van der Waals surface area contributed by atoms with Crippen molar-refractivity contribution >= 4 is 40.8 Å². The maximum Gasteiger partial charge on any atom is 0.303 e. The largest absolute Gasteiger partial charge is 0.481 e. The Morgan fingerprint density at radius 1 is 1.10 bits per heavy atom. The standard InChI is InChI=1S/C22H36N2O3S2/c1-2-3-8-13-23-21(28)14-20(25)24-15-17-16(18-11-12-19(17)29-18)9-6-4-5-7-10-22(26)27/h4,6,16-19H,2-3,5,7-15H2,1H3,(H,23,28)(H,24,25)(H,26,27)/t16-,17+,18-,19+/m1/s1. The summed E-state index contributed by atoms with van der Waals surface area (Å²) >= 11 is 7.39. The lowest BCUT2D eigenvalue weighted by Crippen LogP contribution is -2.39. The number of hydrogen-bond acceptors (Lipinski definition) is 4. The summed E-state index contributed by atoms with van der Waals surface area (Å²) in [6.45, 7) is 3.76. The normalized spacial score (nSPS) is 25.4. The lowest BCUT2D eigenvalue weighted by Gasteiger charge is -2.29. The van der Waals surface area contributed by atoms with E-state index in [1.165, 1.54) is 25.7 Å². The fraction of sp³-hybridized carbons (Fsp3) is 0.773. The predicted molar refractivity (Wildman–Crippen MR) is 124 cm³/mol. The Bertz CT molecular complexity index is 582. The van der Waals surface area contributed by atoms with Crippen LogP contribution < -0.4 is 10.6 Å². The van der Waals surface area contributed by atoms with Crippen molar-refractivity contribution in [3.8, 4) is 0 Å². The van der Waals surface area contributed by atoms with Crippen molar-refractivity contribution in [3.05, 3.63) is 12.2 Å². The molecule has 0 spiro atoms. The summed E-state index contributed by atoms with van der Waals surface area (Å²) in [5.74, 6) is 0.425. The molecule has 1 amide bonds. The van der Waals surface area contributed by atoms with E-state index in [-0.39, 0.29) is 18.7 Å². The summed E-state index contributed by atoms with van der Waals surface area (Å²) in [5, 5.41) is 16.4. The molecule has 2 heterocycles. The zero-order valence-electron chi connectivity index (χ0n) is 17.5. The van der Waals surface area contributed by atoms with Gasteiger partial charge < -0.3 is 15.7 Å². The highest BCUT2D eigenvalue weighted by molar-refractivity contribution is 8.01. The first-order chi connectivity index (χ1) is 14.0. The Balaban J connectivity index is 1.69. The summed E-state index contributed by atoms with van der Waals surface area (Å²) in [6, 6.07) is 0. The molecule has 0 aromatic carbocycles. The van der Waals surface area contributed by atoms with Gasteiger partial charge in [0.25, 0.3) is 0 Å². The quantitative estimate of drug-likeness (QED) is 0.212. The summed E-state index contributed by atoms with van der Waals surface area (Å²) in [6.07, 6.45) is 13.4. The molecule has 0 aromatic heterocycles. The highest BCUT2D eigenvalue weighted by Gasteiger charge is 2.47. The molecule has 5 nitrogen and oxygen atoms in total. The number of thioether (sulfide) groups is 1. The smallest absolute Gasteiger partial charge is 0.303 e. The van der Waals surface area contributed by atoms with Crippen LogP contribution in [0.3, 0.4) is 0 Å². The number of nitrogens with one attached hydrogen (secondary N) is 2. The van der Waals surface area contributed by atoms with E-state index in [2.05, 4.69) is 41.5 Å². The Labute approximate surface area is 184 Å². The van der Waals surface area contributed by atoms with E-state index >= 15 is 0 Å². The number of allylic oxidation sites excluding steroid dienone is 2. The number of rotatable bonds is 14. The average molecular weight is 441 g/mol. The summed E-state index contributed by atoms with van der Waals surface area (Å²) in [4.78, 5) is 23.5. The molecule has 2 saturated heterocycles. The van der Waals surface area contributed by atoms with Crippen molar-refractivity contribution in [1.29, 1.82) is 0 Å². The number of aliphatic carboxylic acids is 1. The monoisotopic (exact) mass is 440 g/mol. The molecule has 4 atom stereocenters. The van der Waals surface area contributed by atoms with Gasteiger partial charge in [-0.2, -0.15) is 11.8 Å². The van der Waals surface area contributed by atoms with Gasteiger partial charge in [-0.25, -0.2) is 0 Å². The van der Waals surface area contributed by atoms with Gasteiger partial charge in [0.05, 0.1) is 11.4 Å². The third-order valence-corrected chi connectivity index (χ3v) is 8.04. The third kappa shape index (κ3) is 8.67. The van der Waals surface area contributed by atoms with Gasteiger partial charge in [0.2, 0.25) is 5.91 Å². The lowest BCUT2D eigenvalue weighted by atomic mass is 9.77. The van der Waals surface area contributed by atoms with Gasteiger partial charge in [0.15, 0.2) is 0 Å². The highest BCUT2D eigenvalue weighted by atomic mass is 32.2. The van der Waals surface area contributed by atoms with Crippen LogP contribution >= 0.6 is 24.0 Å². The average Bonchev–Trinajstić information content (AvgIpc) is 3.28. The molecule has 2 fully saturated rings. The molecular weight excluding hydrogens is 404 g/mol. The molecule has 2 bridgehead atoms. The lowest BCUT2D eigenvalue weighted by molar-refractivity contribution is -0.137. The Hall–Kier alpha value is -1.08. The van der Waals surface area contributed by atoms with Crippen LogP contribution in [0.15, 0.2) is 12.2 Å². The van der Waals surface area contributed by atoms with Crippen LogP contribution in [0.25, 0.3) is 0 Å². The number of amides is 1. The van der Waals surface area contributed by atoms with Gasteiger partial charge in [-0.15, -0.1) is 0 Å². The van der Waals surface area contributed by atoms with Gasteiger partial charge in [-0.3, -0.25) is 9.59 Å². The number of thiocarbonyl (C=S) groups is 1. The Morgan fingerprint density at radius 3 is 2.59 bits per heavy atom. The molecule has 0 aromatic rings. The molecule has 2 aliphatic rings. The van der Waals surface area contributed by atoms with Crippen molar-refractivity contribution < 1.29 is 14.7 Å². The van der Waals surface area contributed by atoms with E-state index in [1.54, 1.807) is 0 Å². The minimum absolute atomic E-state index is 0.0220. The van der Waals surface area contributed by atoms with Crippen LogP contribution in [-0.2, 0) is 9.59 Å². The number of unbranched alkanes of at least 4 members (excludes halogenated alkanes) is 3. The summed E-state index contributed by atoms with van der Waals surface area (Å²) in [7, 11) is 0. The zero-order valence-corrected chi connectivity index (χ0v) is 19.2. The summed E-state index contributed by atoms with van der Waals surface area (Å²) in [5.41, 5.74) is 0. The topological polar surface area (TPSA) is 78.4 Å². The van der Waals surface area contributed by atoms with Crippen LogP contribution in [0.4, 0.5) is 0 Å². The number of carbonyl (C=O) groups is 2. The van der Waals surface area contributed by atoms with Gasteiger partial charge in [-0.05, 0) is 50.4 Å². The molecule has 2 rings (SSSR count). The zero-order chi connectivity index (χ0) is 21.1. The van der Waals surface area contributed by atoms with E-state index in [0.717, 1.165) is 32.4 Å². The molecule has 0 aliphatic carbocycles. The van der Waals surface area contributed by atoms with Crippen LogP contribution in [0, 0.1) is 11.8 Å². The van der Waals surface area contributed by atoms with E-state index in [1.807, 2.05) is 0 Å². The van der Waals surface area contributed by atoms with Crippen LogP contribution in [0.2, 0.25) is 0 Å². The maximum absolute atomic E-state index is 12.3. The Kier molecular flexibility index (Phi) is 11.1. The molecule has 2 aliphatic heterocycles. The molecule has 29 heavy (non-hydrogen) atoms.